The number of ketones is 1. The third kappa shape index (κ3) is 3.96. The molecule has 1 aliphatic carbocycles. The molecule has 33 heavy (non-hydrogen) atoms. The van der Waals surface area contributed by atoms with Gasteiger partial charge in [-0.25, -0.2) is 0 Å². The van der Waals surface area contributed by atoms with Crippen LogP contribution < -0.4 is 10.2 Å². The molecule has 1 N–H and O–H groups in total. The molecule has 5 heteroatoms. The van der Waals surface area contributed by atoms with Gasteiger partial charge in [0.1, 0.15) is 0 Å². The van der Waals surface area contributed by atoms with Crippen molar-refractivity contribution in [2.75, 3.05) is 10.2 Å². The maximum absolute atomic E-state index is 13.7. The van der Waals surface area contributed by atoms with Gasteiger partial charge in [0.15, 0.2) is 5.78 Å². The summed E-state index contributed by atoms with van der Waals surface area (Å²) in [5, 5.41) is 4.22. The summed E-state index contributed by atoms with van der Waals surface area (Å²) in [5.74, 6) is 0.0141. The van der Waals surface area contributed by atoms with Crippen LogP contribution in [0.5, 0.6) is 0 Å². The van der Waals surface area contributed by atoms with E-state index in [0.29, 0.717) is 23.4 Å². The zero-order valence-corrected chi connectivity index (χ0v) is 19.4. The number of rotatable bonds is 2. The van der Waals surface area contributed by atoms with Crippen LogP contribution >= 0.6 is 11.6 Å². The highest BCUT2D eigenvalue weighted by Gasteiger charge is 2.40. The van der Waals surface area contributed by atoms with Crippen LogP contribution in [0.25, 0.3) is 0 Å². The van der Waals surface area contributed by atoms with Gasteiger partial charge >= 0.3 is 0 Å². The van der Waals surface area contributed by atoms with Gasteiger partial charge in [0.2, 0.25) is 5.91 Å². The number of para-hydroxylation sites is 2. The molecule has 0 spiro atoms. The number of amides is 1. The monoisotopic (exact) mass is 456 g/mol. The van der Waals surface area contributed by atoms with Crippen molar-refractivity contribution in [2.24, 2.45) is 0 Å². The summed E-state index contributed by atoms with van der Waals surface area (Å²) >= 11 is 6.09. The van der Waals surface area contributed by atoms with Gasteiger partial charge in [-0.1, -0.05) is 65.7 Å². The summed E-state index contributed by atoms with van der Waals surface area (Å²) in [6.07, 6.45) is 1.08. The maximum Gasteiger partial charge on any atom is 0.224 e. The molecule has 0 radical (unpaired) electrons. The molecule has 3 aromatic rings. The van der Waals surface area contributed by atoms with E-state index in [9.17, 15) is 9.59 Å². The number of hydrogen-bond acceptors (Lipinski definition) is 3. The minimum absolute atomic E-state index is 0.0516. The minimum Gasteiger partial charge on any atom is -0.357 e. The average molecular weight is 457 g/mol. The Morgan fingerprint density at radius 2 is 1.61 bits per heavy atom. The van der Waals surface area contributed by atoms with Crippen molar-refractivity contribution >= 4 is 34.7 Å². The standard InChI is InChI=1S/C28H25ClN2O2/c1-17-7-9-20(10-8-17)28-27-24(30-23-5-3-4-6-25(23)31(28)18(2)32)15-21(16-26(27)33)19-11-13-22(29)14-12-19/h3-14,21,28,30H,15-16H2,1-2H3. The molecule has 4 nitrogen and oxygen atoms in total. The second kappa shape index (κ2) is 8.53. The largest absolute Gasteiger partial charge is 0.357 e. The summed E-state index contributed by atoms with van der Waals surface area (Å²) < 4.78 is 0. The first-order valence-corrected chi connectivity index (χ1v) is 11.5. The van der Waals surface area contributed by atoms with E-state index in [2.05, 4.69) is 5.32 Å². The number of aryl methyl sites for hydroxylation is 1. The van der Waals surface area contributed by atoms with Gasteiger partial charge in [-0.15, -0.1) is 0 Å². The number of allylic oxidation sites excluding steroid dienone is 1. The second-order valence-electron chi connectivity index (χ2n) is 8.82. The predicted octanol–water partition coefficient (Wildman–Crippen LogP) is 6.57. The third-order valence-corrected chi connectivity index (χ3v) is 6.81. The van der Waals surface area contributed by atoms with E-state index in [1.807, 2.05) is 79.7 Å². The molecule has 1 amide bonds. The number of Topliss-reactive ketones (excluding diaryl/α,β-unsaturated/α-hetero) is 1. The number of anilines is 2. The molecule has 1 aliphatic heterocycles. The summed E-state index contributed by atoms with van der Waals surface area (Å²) in [7, 11) is 0. The lowest BCUT2D eigenvalue weighted by atomic mass is 9.78. The summed E-state index contributed by atoms with van der Waals surface area (Å²) in [5.41, 5.74) is 6.32. The number of carbonyl (C=O) groups excluding carboxylic acids is 2. The number of fused-ring (bicyclic) bond motifs is 1. The van der Waals surface area contributed by atoms with E-state index in [1.165, 1.54) is 0 Å². The highest BCUT2D eigenvalue weighted by atomic mass is 35.5. The van der Waals surface area contributed by atoms with Crippen LogP contribution in [0.3, 0.4) is 0 Å². The topological polar surface area (TPSA) is 49.4 Å². The Hall–Kier alpha value is -3.37. The van der Waals surface area contributed by atoms with Crippen LogP contribution in [0.4, 0.5) is 11.4 Å². The Labute approximate surface area is 198 Å². The van der Waals surface area contributed by atoms with Crippen LogP contribution in [-0.4, -0.2) is 11.7 Å². The van der Waals surface area contributed by atoms with Crippen molar-refractivity contribution in [3.05, 3.63) is 106 Å². The molecule has 2 aliphatic rings. The lowest BCUT2D eigenvalue weighted by Gasteiger charge is -2.34. The fourth-order valence-electron chi connectivity index (χ4n) is 4.97. The van der Waals surface area contributed by atoms with Gasteiger partial charge in [-0.05, 0) is 54.7 Å². The van der Waals surface area contributed by atoms with Gasteiger partial charge in [0.25, 0.3) is 0 Å². The molecule has 0 fully saturated rings. The van der Waals surface area contributed by atoms with Crippen LogP contribution in [0.2, 0.25) is 5.02 Å². The van der Waals surface area contributed by atoms with Crippen molar-refractivity contribution in [1.29, 1.82) is 0 Å². The average Bonchev–Trinajstić information content (AvgIpc) is 2.94. The second-order valence-corrected chi connectivity index (χ2v) is 9.25. The molecular formula is C28H25ClN2O2. The molecule has 0 bridgehead atoms. The van der Waals surface area contributed by atoms with Crippen LogP contribution in [0.1, 0.15) is 48.4 Å². The number of carbonyl (C=O) groups is 2. The van der Waals surface area contributed by atoms with Gasteiger partial charge in [-0.3, -0.25) is 14.5 Å². The Morgan fingerprint density at radius 1 is 0.939 bits per heavy atom. The van der Waals surface area contributed by atoms with Crippen molar-refractivity contribution in [3.8, 4) is 0 Å². The van der Waals surface area contributed by atoms with E-state index in [4.69, 9.17) is 11.6 Å². The van der Waals surface area contributed by atoms with E-state index < -0.39 is 6.04 Å². The molecule has 1 heterocycles. The molecule has 3 aromatic carbocycles. The lowest BCUT2D eigenvalue weighted by Crippen LogP contribution is -2.37. The zero-order valence-electron chi connectivity index (χ0n) is 18.6. The number of nitrogens with one attached hydrogen (secondary N) is 1. The molecule has 0 aromatic heterocycles. The van der Waals surface area contributed by atoms with Crippen LogP contribution in [0.15, 0.2) is 84.1 Å². The Balaban J connectivity index is 1.69. The van der Waals surface area contributed by atoms with Gasteiger partial charge in [0.05, 0.1) is 17.4 Å². The molecule has 0 saturated carbocycles. The van der Waals surface area contributed by atoms with Gasteiger partial charge in [0, 0.05) is 29.6 Å². The first-order chi connectivity index (χ1) is 15.9. The number of hydrogen-bond donors (Lipinski definition) is 1. The fourth-order valence-corrected chi connectivity index (χ4v) is 5.10. The van der Waals surface area contributed by atoms with Gasteiger partial charge < -0.3 is 5.32 Å². The third-order valence-electron chi connectivity index (χ3n) is 6.56. The SMILES string of the molecule is CC(=O)N1c2ccccc2NC2=C(C(=O)CC(c3ccc(Cl)cc3)C2)C1c1ccc(C)cc1. The van der Waals surface area contributed by atoms with E-state index in [-0.39, 0.29) is 17.6 Å². The Morgan fingerprint density at radius 3 is 2.30 bits per heavy atom. The van der Waals surface area contributed by atoms with Gasteiger partial charge in [-0.2, -0.15) is 0 Å². The summed E-state index contributed by atoms with van der Waals surface area (Å²) in [4.78, 5) is 28.5. The highest BCUT2D eigenvalue weighted by molar-refractivity contribution is 6.30. The first-order valence-electron chi connectivity index (χ1n) is 11.2. The zero-order chi connectivity index (χ0) is 23.1. The number of halogens is 1. The first kappa shape index (κ1) is 21.5. The van der Waals surface area contributed by atoms with Crippen molar-refractivity contribution in [3.63, 3.8) is 0 Å². The molecular weight excluding hydrogens is 432 g/mol. The van der Waals surface area contributed by atoms with E-state index in [0.717, 1.165) is 33.8 Å². The maximum atomic E-state index is 13.7. The fraction of sp³-hybridized carbons (Fsp3) is 0.214. The quantitative estimate of drug-likeness (QED) is 0.474. The van der Waals surface area contributed by atoms with Crippen molar-refractivity contribution < 1.29 is 9.59 Å². The molecule has 5 rings (SSSR count). The molecule has 2 unspecified atom stereocenters. The number of nitrogens with zero attached hydrogens (tertiary/aromatic N) is 1. The number of benzene rings is 3. The van der Waals surface area contributed by atoms with E-state index >= 15 is 0 Å². The molecule has 2 atom stereocenters. The summed E-state index contributed by atoms with van der Waals surface area (Å²) in [6, 6.07) is 23.1. The summed E-state index contributed by atoms with van der Waals surface area (Å²) in [6.45, 7) is 3.59. The lowest BCUT2D eigenvalue weighted by molar-refractivity contribution is -0.117. The Kier molecular flexibility index (Phi) is 5.55. The molecule has 166 valence electrons. The molecule has 0 saturated heterocycles. The normalized spacial score (nSPS) is 20.0. The highest BCUT2D eigenvalue weighted by Crippen LogP contribution is 2.47. The van der Waals surface area contributed by atoms with Crippen molar-refractivity contribution in [2.45, 2.75) is 38.6 Å². The smallest absolute Gasteiger partial charge is 0.224 e. The van der Waals surface area contributed by atoms with E-state index in [1.54, 1.807) is 11.8 Å². The minimum atomic E-state index is -0.479. The van der Waals surface area contributed by atoms with Crippen LogP contribution in [-0.2, 0) is 9.59 Å². The van der Waals surface area contributed by atoms with Crippen LogP contribution in [0, 0.1) is 6.92 Å². The predicted molar refractivity (Wildman–Crippen MR) is 133 cm³/mol. The Bertz CT molecular complexity index is 1260. The van der Waals surface area contributed by atoms with Crippen molar-refractivity contribution in [1.82, 2.24) is 0 Å².